The highest BCUT2D eigenvalue weighted by Crippen LogP contribution is 2.21. The van der Waals surface area contributed by atoms with Gasteiger partial charge in [0.2, 0.25) is 10.0 Å². The first kappa shape index (κ1) is 26.4. The van der Waals surface area contributed by atoms with Crippen LogP contribution in [-0.2, 0) is 23.1 Å². The van der Waals surface area contributed by atoms with Crippen LogP contribution in [0, 0.1) is 0 Å². The van der Waals surface area contributed by atoms with Crippen LogP contribution in [0.4, 0.5) is 0 Å². The van der Waals surface area contributed by atoms with Crippen LogP contribution in [0.25, 0.3) is 0 Å². The van der Waals surface area contributed by atoms with Crippen molar-refractivity contribution in [2.24, 2.45) is 4.99 Å². The first-order valence-corrected chi connectivity index (χ1v) is 12.2. The maximum atomic E-state index is 13.0. The van der Waals surface area contributed by atoms with Crippen molar-refractivity contribution in [3.05, 3.63) is 59.7 Å². The molecule has 9 heteroatoms. The van der Waals surface area contributed by atoms with E-state index in [0.717, 1.165) is 42.7 Å². The van der Waals surface area contributed by atoms with Crippen LogP contribution in [0.5, 0.6) is 5.75 Å². The number of benzene rings is 2. The molecule has 2 N–H and O–H groups in total. The zero-order valence-electron chi connectivity index (χ0n) is 18.7. The van der Waals surface area contributed by atoms with Crippen molar-refractivity contribution >= 4 is 40.0 Å². The van der Waals surface area contributed by atoms with Gasteiger partial charge in [-0.05, 0) is 43.5 Å². The molecule has 1 heterocycles. The fourth-order valence-corrected chi connectivity index (χ4v) is 5.19. The van der Waals surface area contributed by atoms with E-state index in [1.165, 1.54) is 0 Å². The second-order valence-corrected chi connectivity index (χ2v) is 9.41. The standard InChI is InChI=1S/C23H32N4O3S.HI/c1-3-24-23(26-18-20-11-5-6-13-22(20)30-2)25-17-19-10-9-12-21(16-19)31(28,29)27-14-7-4-8-15-27;/h5-6,9-13,16H,3-4,7-8,14-15,17-18H2,1-2H3,(H2,24,25,26);1H. The molecule has 176 valence electrons. The molecule has 1 aliphatic heterocycles. The highest BCUT2D eigenvalue weighted by molar-refractivity contribution is 14.0. The molecule has 2 aromatic carbocycles. The molecule has 1 saturated heterocycles. The van der Waals surface area contributed by atoms with Crippen molar-refractivity contribution in [2.75, 3.05) is 26.7 Å². The van der Waals surface area contributed by atoms with Gasteiger partial charge in [-0.15, -0.1) is 24.0 Å². The first-order chi connectivity index (χ1) is 15.0. The largest absolute Gasteiger partial charge is 0.496 e. The van der Waals surface area contributed by atoms with Crippen LogP contribution in [0.2, 0.25) is 0 Å². The van der Waals surface area contributed by atoms with E-state index in [-0.39, 0.29) is 24.0 Å². The minimum Gasteiger partial charge on any atom is -0.496 e. The predicted molar refractivity (Wildman–Crippen MR) is 139 cm³/mol. The Bertz CT molecular complexity index is 992. The number of piperidine rings is 1. The van der Waals surface area contributed by atoms with Gasteiger partial charge in [0.15, 0.2) is 5.96 Å². The molecule has 3 rings (SSSR count). The number of guanidine groups is 1. The molecule has 0 saturated carbocycles. The lowest BCUT2D eigenvalue weighted by atomic mass is 10.2. The maximum Gasteiger partial charge on any atom is 0.243 e. The summed E-state index contributed by atoms with van der Waals surface area (Å²) in [4.78, 5) is 4.98. The third kappa shape index (κ3) is 7.08. The Morgan fingerprint density at radius 1 is 1.06 bits per heavy atom. The third-order valence-corrected chi connectivity index (χ3v) is 7.15. The summed E-state index contributed by atoms with van der Waals surface area (Å²) in [7, 11) is -1.79. The van der Waals surface area contributed by atoms with E-state index < -0.39 is 10.0 Å². The molecule has 32 heavy (non-hydrogen) atoms. The normalized spacial score (nSPS) is 15.0. The molecule has 0 atom stereocenters. The molecule has 0 unspecified atom stereocenters. The van der Waals surface area contributed by atoms with Crippen molar-refractivity contribution in [2.45, 2.75) is 44.2 Å². The van der Waals surface area contributed by atoms with Crippen LogP contribution in [0.15, 0.2) is 58.4 Å². The molecule has 7 nitrogen and oxygen atoms in total. The number of hydrogen-bond donors (Lipinski definition) is 2. The van der Waals surface area contributed by atoms with Crippen molar-refractivity contribution in [3.63, 3.8) is 0 Å². The number of nitrogens with zero attached hydrogens (tertiary/aromatic N) is 2. The Labute approximate surface area is 208 Å². The molecule has 0 bridgehead atoms. The molecule has 0 aromatic heterocycles. The number of rotatable bonds is 8. The second kappa shape index (κ2) is 13.0. The molecular formula is C23H33IN4O3S. The van der Waals surface area contributed by atoms with E-state index in [2.05, 4.69) is 15.6 Å². The smallest absolute Gasteiger partial charge is 0.243 e. The third-order valence-electron chi connectivity index (χ3n) is 5.25. The lowest BCUT2D eigenvalue weighted by Crippen LogP contribution is -2.36. The van der Waals surface area contributed by atoms with Gasteiger partial charge in [0, 0.05) is 31.7 Å². The number of aliphatic imine (C=N–C) groups is 1. The monoisotopic (exact) mass is 572 g/mol. The lowest BCUT2D eigenvalue weighted by molar-refractivity contribution is 0.346. The molecule has 1 fully saturated rings. The van der Waals surface area contributed by atoms with Gasteiger partial charge in [-0.3, -0.25) is 0 Å². The molecule has 0 amide bonds. The Morgan fingerprint density at radius 2 is 1.81 bits per heavy atom. The van der Waals surface area contributed by atoms with Crippen LogP contribution >= 0.6 is 24.0 Å². The number of halogens is 1. The van der Waals surface area contributed by atoms with Gasteiger partial charge in [0.05, 0.1) is 18.6 Å². The molecule has 1 aliphatic rings. The Hall–Kier alpha value is -1.85. The van der Waals surface area contributed by atoms with E-state index in [9.17, 15) is 8.42 Å². The number of para-hydroxylation sites is 1. The minimum atomic E-state index is -3.45. The maximum absolute atomic E-state index is 13.0. The fourth-order valence-electron chi connectivity index (χ4n) is 3.60. The van der Waals surface area contributed by atoms with E-state index in [1.807, 2.05) is 37.3 Å². The average molecular weight is 573 g/mol. The highest BCUT2D eigenvalue weighted by Gasteiger charge is 2.25. The van der Waals surface area contributed by atoms with E-state index in [4.69, 9.17) is 4.74 Å². The zero-order valence-corrected chi connectivity index (χ0v) is 21.9. The van der Waals surface area contributed by atoms with Crippen LogP contribution < -0.4 is 15.4 Å². The first-order valence-electron chi connectivity index (χ1n) is 10.8. The van der Waals surface area contributed by atoms with Gasteiger partial charge in [-0.2, -0.15) is 4.31 Å². The van der Waals surface area contributed by atoms with Gasteiger partial charge in [0.1, 0.15) is 5.75 Å². The molecule has 0 aliphatic carbocycles. The quantitative estimate of drug-likeness (QED) is 0.286. The number of hydrogen-bond acceptors (Lipinski definition) is 4. The van der Waals surface area contributed by atoms with E-state index in [1.54, 1.807) is 29.6 Å². The molecule has 0 spiro atoms. The minimum absolute atomic E-state index is 0. The highest BCUT2D eigenvalue weighted by atomic mass is 127. The SMILES string of the molecule is CCNC(=NCc1cccc(S(=O)(=O)N2CCCCC2)c1)NCc1ccccc1OC.I. The number of methoxy groups -OCH3 is 1. The van der Waals surface area contributed by atoms with Crippen LogP contribution in [0.1, 0.15) is 37.3 Å². The predicted octanol–water partition coefficient (Wildman–Crippen LogP) is 3.74. The Kier molecular flexibility index (Phi) is 10.7. The van der Waals surface area contributed by atoms with Gasteiger partial charge >= 0.3 is 0 Å². The van der Waals surface area contributed by atoms with E-state index in [0.29, 0.717) is 37.0 Å². The Balaban J connectivity index is 0.00000363. The average Bonchev–Trinajstić information content (AvgIpc) is 2.81. The van der Waals surface area contributed by atoms with Crippen molar-refractivity contribution in [3.8, 4) is 5.75 Å². The number of nitrogens with one attached hydrogen (secondary N) is 2. The summed E-state index contributed by atoms with van der Waals surface area (Å²) in [5.74, 6) is 1.49. The fraction of sp³-hybridized carbons (Fsp3) is 0.435. The number of sulfonamides is 1. The molecular weight excluding hydrogens is 539 g/mol. The second-order valence-electron chi connectivity index (χ2n) is 7.47. The summed E-state index contributed by atoms with van der Waals surface area (Å²) in [6, 6.07) is 14.9. The van der Waals surface area contributed by atoms with Crippen molar-refractivity contribution < 1.29 is 13.2 Å². The summed E-state index contributed by atoms with van der Waals surface area (Å²) < 4.78 is 32.9. The summed E-state index contributed by atoms with van der Waals surface area (Å²) in [6.45, 7) is 4.88. The van der Waals surface area contributed by atoms with Gasteiger partial charge in [-0.25, -0.2) is 13.4 Å². The number of ether oxygens (including phenoxy) is 1. The Morgan fingerprint density at radius 3 is 2.53 bits per heavy atom. The van der Waals surface area contributed by atoms with Crippen molar-refractivity contribution in [1.82, 2.24) is 14.9 Å². The zero-order chi connectivity index (χ0) is 22.1. The lowest BCUT2D eigenvalue weighted by Gasteiger charge is -2.26. The summed E-state index contributed by atoms with van der Waals surface area (Å²) in [5.41, 5.74) is 1.89. The van der Waals surface area contributed by atoms with Crippen LogP contribution in [-0.4, -0.2) is 45.4 Å². The molecule has 0 radical (unpaired) electrons. The summed E-state index contributed by atoms with van der Waals surface area (Å²) >= 11 is 0. The van der Waals surface area contributed by atoms with Gasteiger partial charge < -0.3 is 15.4 Å². The van der Waals surface area contributed by atoms with Crippen LogP contribution in [0.3, 0.4) is 0 Å². The topological polar surface area (TPSA) is 83.0 Å². The van der Waals surface area contributed by atoms with Crippen molar-refractivity contribution in [1.29, 1.82) is 0 Å². The molecule has 2 aromatic rings. The van der Waals surface area contributed by atoms with E-state index >= 15 is 0 Å². The van der Waals surface area contributed by atoms with Gasteiger partial charge in [-0.1, -0.05) is 36.8 Å². The summed E-state index contributed by atoms with van der Waals surface area (Å²) in [5, 5.41) is 6.54. The van der Waals surface area contributed by atoms with Gasteiger partial charge in [0.25, 0.3) is 0 Å². The summed E-state index contributed by atoms with van der Waals surface area (Å²) in [6.07, 6.45) is 2.94.